The molecule has 0 saturated carbocycles. The number of carboxylic acid groups (broad SMARTS) is 1. The van der Waals surface area contributed by atoms with E-state index in [1.165, 1.54) is 11.8 Å². The number of nitrogen functional groups attached to an aromatic ring is 1. The van der Waals surface area contributed by atoms with Crippen LogP contribution in [0.1, 0.15) is 10.4 Å². The van der Waals surface area contributed by atoms with Gasteiger partial charge in [0.25, 0.3) is 0 Å². The van der Waals surface area contributed by atoms with Crippen molar-refractivity contribution < 1.29 is 9.90 Å². The smallest absolute Gasteiger partial charge is 0.335 e. The Balaban J connectivity index is 2.21. The van der Waals surface area contributed by atoms with Crippen molar-refractivity contribution in [1.82, 2.24) is 0 Å². The average molecular weight is 280 g/mol. The highest BCUT2D eigenvalue weighted by Gasteiger charge is 2.05. The average Bonchev–Trinajstić information content (AvgIpc) is 2.33. The van der Waals surface area contributed by atoms with Crippen LogP contribution in [0.15, 0.2) is 52.3 Å². The fraction of sp³-hybridized carbons (Fsp3) is 0. The number of carbonyl (C=O) groups is 1. The van der Waals surface area contributed by atoms with E-state index in [1.807, 2.05) is 6.07 Å². The lowest BCUT2D eigenvalue weighted by atomic mass is 10.2. The monoisotopic (exact) mass is 279 g/mol. The van der Waals surface area contributed by atoms with Gasteiger partial charge in [0.2, 0.25) is 0 Å². The van der Waals surface area contributed by atoms with E-state index >= 15 is 0 Å². The summed E-state index contributed by atoms with van der Waals surface area (Å²) in [5.74, 6) is -0.933. The number of anilines is 1. The lowest BCUT2D eigenvalue weighted by Crippen LogP contribution is -1.94. The first kappa shape index (κ1) is 12.8. The maximum absolute atomic E-state index is 10.7. The Morgan fingerprint density at radius 1 is 1.17 bits per heavy atom. The first-order valence-corrected chi connectivity index (χ1v) is 6.32. The Labute approximate surface area is 114 Å². The molecular formula is C13H10ClNO2S. The predicted octanol–water partition coefficient (Wildman–Crippen LogP) is 3.77. The molecule has 0 saturated heterocycles. The molecule has 3 nitrogen and oxygen atoms in total. The van der Waals surface area contributed by atoms with E-state index in [0.717, 1.165) is 9.79 Å². The first-order valence-electron chi connectivity index (χ1n) is 5.12. The SMILES string of the molecule is Nc1ccc(Sc2ccc(C(=O)O)cc2)c(Cl)c1. The summed E-state index contributed by atoms with van der Waals surface area (Å²) >= 11 is 7.53. The largest absolute Gasteiger partial charge is 0.478 e. The molecular weight excluding hydrogens is 270 g/mol. The molecule has 0 spiro atoms. The van der Waals surface area contributed by atoms with Crippen LogP contribution in [0.3, 0.4) is 0 Å². The van der Waals surface area contributed by atoms with Gasteiger partial charge in [0, 0.05) is 15.5 Å². The molecule has 2 rings (SSSR count). The molecule has 0 unspecified atom stereocenters. The highest BCUT2D eigenvalue weighted by molar-refractivity contribution is 7.99. The van der Waals surface area contributed by atoms with Crippen molar-refractivity contribution in [2.75, 3.05) is 5.73 Å². The van der Waals surface area contributed by atoms with Gasteiger partial charge in [-0.15, -0.1) is 0 Å². The first-order chi connectivity index (χ1) is 8.56. The van der Waals surface area contributed by atoms with Crippen molar-refractivity contribution in [2.45, 2.75) is 9.79 Å². The summed E-state index contributed by atoms with van der Waals surface area (Å²) in [7, 11) is 0. The fourth-order valence-corrected chi connectivity index (χ4v) is 2.52. The number of rotatable bonds is 3. The van der Waals surface area contributed by atoms with Crippen molar-refractivity contribution in [3.8, 4) is 0 Å². The standard InChI is InChI=1S/C13H10ClNO2S/c14-11-7-9(15)3-6-12(11)18-10-4-1-8(2-5-10)13(16)17/h1-7H,15H2,(H,16,17). The second-order valence-corrected chi connectivity index (χ2v) is 5.14. The predicted molar refractivity (Wildman–Crippen MR) is 73.4 cm³/mol. The molecule has 0 heterocycles. The third kappa shape index (κ3) is 2.97. The van der Waals surface area contributed by atoms with Crippen molar-refractivity contribution in [1.29, 1.82) is 0 Å². The van der Waals surface area contributed by atoms with Crippen LogP contribution >= 0.6 is 23.4 Å². The van der Waals surface area contributed by atoms with Crippen molar-refractivity contribution in [3.63, 3.8) is 0 Å². The Hall–Kier alpha value is -1.65. The summed E-state index contributed by atoms with van der Waals surface area (Å²) in [6.07, 6.45) is 0. The summed E-state index contributed by atoms with van der Waals surface area (Å²) < 4.78 is 0. The van der Waals surface area contributed by atoms with Gasteiger partial charge in [-0.2, -0.15) is 0 Å². The zero-order valence-electron chi connectivity index (χ0n) is 9.26. The molecule has 92 valence electrons. The van der Waals surface area contributed by atoms with Crippen LogP contribution in [0, 0.1) is 0 Å². The minimum atomic E-state index is -0.933. The molecule has 0 fully saturated rings. The van der Waals surface area contributed by atoms with Crippen LogP contribution < -0.4 is 5.73 Å². The molecule has 3 N–H and O–H groups in total. The Morgan fingerprint density at radius 2 is 1.83 bits per heavy atom. The summed E-state index contributed by atoms with van der Waals surface area (Å²) in [6, 6.07) is 11.9. The number of aromatic carboxylic acids is 1. The summed E-state index contributed by atoms with van der Waals surface area (Å²) in [5, 5.41) is 9.38. The molecule has 2 aromatic carbocycles. The lowest BCUT2D eigenvalue weighted by molar-refractivity contribution is 0.0697. The second kappa shape index (κ2) is 5.33. The normalized spacial score (nSPS) is 10.3. The van der Waals surface area contributed by atoms with Crippen LogP contribution in [-0.2, 0) is 0 Å². The molecule has 0 amide bonds. The quantitative estimate of drug-likeness (QED) is 0.840. The van der Waals surface area contributed by atoms with Crippen molar-refractivity contribution in [2.24, 2.45) is 0 Å². The van der Waals surface area contributed by atoms with E-state index in [-0.39, 0.29) is 5.56 Å². The zero-order valence-corrected chi connectivity index (χ0v) is 10.8. The minimum Gasteiger partial charge on any atom is -0.478 e. The molecule has 0 aliphatic rings. The topological polar surface area (TPSA) is 63.3 Å². The third-order valence-corrected chi connectivity index (χ3v) is 3.79. The van der Waals surface area contributed by atoms with Gasteiger partial charge in [-0.3, -0.25) is 0 Å². The Kier molecular flexibility index (Phi) is 3.79. The molecule has 2 aromatic rings. The van der Waals surface area contributed by atoms with Gasteiger partial charge in [-0.05, 0) is 42.5 Å². The fourth-order valence-electron chi connectivity index (χ4n) is 1.39. The van der Waals surface area contributed by atoms with E-state index in [2.05, 4.69) is 0 Å². The molecule has 0 radical (unpaired) electrons. The van der Waals surface area contributed by atoms with Gasteiger partial charge >= 0.3 is 5.97 Å². The lowest BCUT2D eigenvalue weighted by Gasteiger charge is -2.05. The number of carboxylic acids is 1. The van der Waals surface area contributed by atoms with Crippen LogP contribution in [0.5, 0.6) is 0 Å². The van der Waals surface area contributed by atoms with Gasteiger partial charge < -0.3 is 10.8 Å². The number of benzene rings is 2. The van der Waals surface area contributed by atoms with Crippen LogP contribution in [-0.4, -0.2) is 11.1 Å². The summed E-state index contributed by atoms with van der Waals surface area (Å²) in [6.45, 7) is 0. The van der Waals surface area contributed by atoms with E-state index in [9.17, 15) is 4.79 Å². The molecule has 0 bridgehead atoms. The van der Waals surface area contributed by atoms with Crippen LogP contribution in [0.4, 0.5) is 5.69 Å². The van der Waals surface area contributed by atoms with Gasteiger partial charge in [0.1, 0.15) is 0 Å². The van der Waals surface area contributed by atoms with Crippen LogP contribution in [0.2, 0.25) is 5.02 Å². The zero-order chi connectivity index (χ0) is 13.1. The Morgan fingerprint density at radius 3 is 2.39 bits per heavy atom. The molecule has 18 heavy (non-hydrogen) atoms. The van der Waals surface area contributed by atoms with Gasteiger partial charge in [-0.25, -0.2) is 4.79 Å². The van der Waals surface area contributed by atoms with Gasteiger partial charge in [-0.1, -0.05) is 23.4 Å². The molecule has 0 atom stereocenters. The summed E-state index contributed by atoms with van der Waals surface area (Å²) in [5.41, 5.74) is 6.50. The summed E-state index contributed by atoms with van der Waals surface area (Å²) in [4.78, 5) is 12.5. The van der Waals surface area contributed by atoms with E-state index in [0.29, 0.717) is 10.7 Å². The number of hydrogen-bond donors (Lipinski definition) is 2. The molecule has 0 aliphatic heterocycles. The number of hydrogen-bond acceptors (Lipinski definition) is 3. The van der Waals surface area contributed by atoms with E-state index < -0.39 is 5.97 Å². The molecule has 0 aromatic heterocycles. The van der Waals surface area contributed by atoms with Crippen molar-refractivity contribution in [3.05, 3.63) is 53.1 Å². The van der Waals surface area contributed by atoms with Gasteiger partial charge in [0.05, 0.1) is 10.6 Å². The second-order valence-electron chi connectivity index (χ2n) is 3.62. The highest BCUT2D eigenvalue weighted by atomic mass is 35.5. The molecule has 5 heteroatoms. The van der Waals surface area contributed by atoms with Crippen molar-refractivity contribution >= 4 is 35.0 Å². The highest BCUT2D eigenvalue weighted by Crippen LogP contribution is 2.34. The third-order valence-electron chi connectivity index (χ3n) is 2.29. The maximum atomic E-state index is 10.7. The molecule has 0 aliphatic carbocycles. The Bertz CT molecular complexity index is 584. The van der Waals surface area contributed by atoms with E-state index in [4.69, 9.17) is 22.4 Å². The number of halogens is 1. The van der Waals surface area contributed by atoms with Gasteiger partial charge in [0.15, 0.2) is 0 Å². The van der Waals surface area contributed by atoms with E-state index in [1.54, 1.807) is 36.4 Å². The number of nitrogens with two attached hydrogens (primary N) is 1. The minimum absolute atomic E-state index is 0.266. The maximum Gasteiger partial charge on any atom is 0.335 e. The van der Waals surface area contributed by atoms with Crippen LogP contribution in [0.25, 0.3) is 0 Å².